The summed E-state index contributed by atoms with van der Waals surface area (Å²) in [5.41, 5.74) is 5.71. The first-order valence-corrected chi connectivity index (χ1v) is 11.5. The molecular formula is C19H34N4O8S. The Kier molecular flexibility index (Phi) is 14.3. The van der Waals surface area contributed by atoms with Crippen LogP contribution < -0.4 is 21.7 Å². The molecule has 0 aromatic heterocycles. The van der Waals surface area contributed by atoms with E-state index < -0.39 is 60.4 Å². The Labute approximate surface area is 191 Å². The molecule has 0 heterocycles. The number of nitrogens with one attached hydrogen (secondary N) is 3. The number of carboxylic acid groups (broad SMARTS) is 2. The third-order valence-corrected chi connectivity index (χ3v) is 5.03. The van der Waals surface area contributed by atoms with Crippen LogP contribution in [0.2, 0.25) is 0 Å². The molecule has 8 N–H and O–H groups in total. The number of hydrogen-bond donors (Lipinski definition) is 7. The second-order valence-corrected chi connectivity index (χ2v) is 8.64. The molecule has 0 fully saturated rings. The van der Waals surface area contributed by atoms with Gasteiger partial charge in [0, 0.05) is 6.42 Å². The number of amides is 3. The van der Waals surface area contributed by atoms with E-state index in [1.807, 2.05) is 13.8 Å². The lowest BCUT2D eigenvalue weighted by atomic mass is 10.0. The predicted octanol–water partition coefficient (Wildman–Crippen LogP) is -1.49. The van der Waals surface area contributed by atoms with E-state index in [1.54, 1.807) is 6.26 Å². The fourth-order valence-electron chi connectivity index (χ4n) is 2.63. The lowest BCUT2D eigenvalue weighted by molar-refractivity contribution is -0.143. The van der Waals surface area contributed by atoms with Crippen molar-refractivity contribution in [2.45, 2.75) is 63.7 Å². The number of carbonyl (C=O) groups excluding carboxylic acids is 3. The number of aliphatic hydroxyl groups is 1. The molecule has 3 amide bonds. The van der Waals surface area contributed by atoms with Crippen LogP contribution in [0, 0.1) is 5.92 Å². The van der Waals surface area contributed by atoms with Crippen LogP contribution in [0.5, 0.6) is 0 Å². The van der Waals surface area contributed by atoms with Crippen molar-refractivity contribution in [3.63, 3.8) is 0 Å². The highest BCUT2D eigenvalue weighted by atomic mass is 32.2. The Morgan fingerprint density at radius 2 is 1.41 bits per heavy atom. The summed E-state index contributed by atoms with van der Waals surface area (Å²) in [5, 5.41) is 34.1. The van der Waals surface area contributed by atoms with Gasteiger partial charge in [0.2, 0.25) is 17.7 Å². The van der Waals surface area contributed by atoms with E-state index in [0.29, 0.717) is 5.75 Å². The minimum absolute atomic E-state index is 0.00875. The Hall–Kier alpha value is -2.38. The lowest BCUT2D eigenvalue weighted by Crippen LogP contribution is -2.57. The Balaban J connectivity index is 5.34. The Morgan fingerprint density at radius 3 is 1.88 bits per heavy atom. The van der Waals surface area contributed by atoms with Crippen LogP contribution >= 0.6 is 11.8 Å². The summed E-state index contributed by atoms with van der Waals surface area (Å²) >= 11 is 1.42. The van der Waals surface area contributed by atoms with Gasteiger partial charge < -0.3 is 37.0 Å². The van der Waals surface area contributed by atoms with Crippen LogP contribution in [0.3, 0.4) is 0 Å². The maximum Gasteiger partial charge on any atom is 0.328 e. The third-order valence-electron chi connectivity index (χ3n) is 4.39. The van der Waals surface area contributed by atoms with Crippen molar-refractivity contribution in [3.8, 4) is 0 Å². The summed E-state index contributed by atoms with van der Waals surface area (Å²) in [5.74, 6) is -4.17. The highest BCUT2D eigenvalue weighted by Crippen LogP contribution is 2.08. The summed E-state index contributed by atoms with van der Waals surface area (Å²) in [4.78, 5) is 59.4. The van der Waals surface area contributed by atoms with Crippen LogP contribution in [0.25, 0.3) is 0 Å². The minimum Gasteiger partial charge on any atom is -0.481 e. The zero-order valence-electron chi connectivity index (χ0n) is 18.5. The standard InChI is InChI=1S/C19H34N4O8S/c1-10(2)8-13(22-16(27)11(20)4-5-15(25)26)18(29)21-12(6-7-32-3)17(28)23-14(9-24)19(30)31/h10-14,24H,4-9,20H2,1-3H3,(H,21,29)(H,22,27)(H,23,28)(H,25,26)(H,30,31). The molecule has 0 rings (SSSR count). The second kappa shape index (κ2) is 15.4. The second-order valence-electron chi connectivity index (χ2n) is 7.65. The SMILES string of the molecule is CSCCC(NC(=O)C(CC(C)C)NC(=O)C(N)CCC(=O)O)C(=O)NC(CO)C(=O)O. The predicted molar refractivity (Wildman–Crippen MR) is 118 cm³/mol. The summed E-state index contributed by atoms with van der Waals surface area (Å²) in [7, 11) is 0. The fraction of sp³-hybridized carbons (Fsp3) is 0.737. The Bertz CT molecular complexity index is 661. The molecule has 0 aliphatic carbocycles. The summed E-state index contributed by atoms with van der Waals surface area (Å²) in [6.07, 6.45) is 1.81. The molecule has 0 spiro atoms. The van der Waals surface area contributed by atoms with Crippen molar-refractivity contribution in [1.29, 1.82) is 0 Å². The van der Waals surface area contributed by atoms with Crippen LogP contribution in [0.15, 0.2) is 0 Å². The number of hydrogen-bond acceptors (Lipinski definition) is 8. The highest BCUT2D eigenvalue weighted by Gasteiger charge is 2.30. The minimum atomic E-state index is -1.52. The van der Waals surface area contributed by atoms with Gasteiger partial charge in [0.25, 0.3) is 0 Å². The molecule has 0 aliphatic rings. The number of thioether (sulfide) groups is 1. The molecule has 0 aromatic rings. The molecule has 4 atom stereocenters. The number of aliphatic hydroxyl groups excluding tert-OH is 1. The average Bonchev–Trinajstić information content (AvgIpc) is 2.71. The number of aliphatic carboxylic acids is 2. The van der Waals surface area contributed by atoms with Crippen molar-refractivity contribution in [1.82, 2.24) is 16.0 Å². The van der Waals surface area contributed by atoms with Crippen molar-refractivity contribution >= 4 is 41.4 Å². The van der Waals surface area contributed by atoms with Gasteiger partial charge >= 0.3 is 11.9 Å². The Morgan fingerprint density at radius 1 is 0.875 bits per heavy atom. The molecule has 0 saturated heterocycles. The summed E-state index contributed by atoms with van der Waals surface area (Å²) < 4.78 is 0. The average molecular weight is 479 g/mol. The molecule has 0 aliphatic heterocycles. The van der Waals surface area contributed by atoms with Gasteiger partial charge in [-0.3, -0.25) is 19.2 Å². The van der Waals surface area contributed by atoms with Crippen LogP contribution in [0.4, 0.5) is 0 Å². The molecule has 0 radical (unpaired) electrons. The van der Waals surface area contributed by atoms with E-state index in [0.717, 1.165) is 0 Å². The molecular weight excluding hydrogens is 444 g/mol. The third kappa shape index (κ3) is 11.9. The quantitative estimate of drug-likeness (QED) is 0.137. The van der Waals surface area contributed by atoms with Gasteiger partial charge in [-0.2, -0.15) is 11.8 Å². The van der Waals surface area contributed by atoms with Gasteiger partial charge in [0.05, 0.1) is 12.6 Å². The van der Waals surface area contributed by atoms with Gasteiger partial charge in [-0.05, 0) is 37.2 Å². The number of carboxylic acids is 2. The monoisotopic (exact) mass is 478 g/mol. The van der Waals surface area contributed by atoms with Crippen molar-refractivity contribution in [3.05, 3.63) is 0 Å². The highest BCUT2D eigenvalue weighted by molar-refractivity contribution is 7.98. The molecule has 0 saturated carbocycles. The maximum absolute atomic E-state index is 12.9. The normalized spacial score (nSPS) is 14.7. The van der Waals surface area contributed by atoms with Gasteiger partial charge in [-0.15, -0.1) is 0 Å². The number of carbonyl (C=O) groups is 5. The first-order chi connectivity index (χ1) is 14.9. The van der Waals surface area contributed by atoms with Gasteiger partial charge in [0.1, 0.15) is 18.1 Å². The molecule has 12 nitrogen and oxygen atoms in total. The van der Waals surface area contributed by atoms with Gasteiger partial charge in [0.15, 0.2) is 0 Å². The largest absolute Gasteiger partial charge is 0.481 e. The smallest absolute Gasteiger partial charge is 0.328 e. The van der Waals surface area contributed by atoms with Crippen molar-refractivity contribution in [2.75, 3.05) is 18.6 Å². The number of rotatable bonds is 16. The first kappa shape index (κ1) is 29.6. The van der Waals surface area contributed by atoms with E-state index in [4.69, 9.17) is 21.1 Å². The molecule has 32 heavy (non-hydrogen) atoms. The van der Waals surface area contributed by atoms with Crippen molar-refractivity contribution in [2.24, 2.45) is 11.7 Å². The van der Waals surface area contributed by atoms with Crippen LogP contribution in [-0.2, 0) is 24.0 Å². The topological polar surface area (TPSA) is 208 Å². The molecule has 13 heteroatoms. The zero-order chi connectivity index (χ0) is 24.8. The summed E-state index contributed by atoms with van der Waals surface area (Å²) in [6.45, 7) is 2.84. The van der Waals surface area contributed by atoms with E-state index in [2.05, 4.69) is 16.0 Å². The fourth-order valence-corrected chi connectivity index (χ4v) is 3.10. The molecule has 184 valence electrons. The lowest BCUT2D eigenvalue weighted by Gasteiger charge is -2.25. The first-order valence-electron chi connectivity index (χ1n) is 10.1. The van der Waals surface area contributed by atoms with E-state index >= 15 is 0 Å². The molecule has 0 bridgehead atoms. The van der Waals surface area contributed by atoms with E-state index in [-0.39, 0.29) is 31.6 Å². The van der Waals surface area contributed by atoms with Crippen LogP contribution in [0.1, 0.15) is 39.5 Å². The van der Waals surface area contributed by atoms with Crippen LogP contribution in [-0.4, -0.2) is 87.8 Å². The van der Waals surface area contributed by atoms with E-state index in [9.17, 15) is 24.0 Å². The maximum atomic E-state index is 12.9. The van der Waals surface area contributed by atoms with Crippen molar-refractivity contribution < 1.29 is 39.3 Å². The van der Waals surface area contributed by atoms with Gasteiger partial charge in [-0.25, -0.2) is 4.79 Å². The van der Waals surface area contributed by atoms with Gasteiger partial charge in [-0.1, -0.05) is 13.8 Å². The molecule has 4 unspecified atom stereocenters. The molecule has 0 aromatic carbocycles. The zero-order valence-corrected chi connectivity index (χ0v) is 19.3. The van der Waals surface area contributed by atoms with E-state index in [1.165, 1.54) is 11.8 Å². The summed E-state index contributed by atoms with van der Waals surface area (Å²) in [6, 6.07) is -4.76. The number of nitrogens with two attached hydrogens (primary N) is 1.